The number of hydrogen-bond donors (Lipinski definition) is 1. The molecule has 0 radical (unpaired) electrons. The fraction of sp³-hybridized carbons (Fsp3) is 0.529. The Hall–Kier alpha value is -1.46. The molecule has 1 N–H and O–H groups in total. The Morgan fingerprint density at radius 2 is 2.00 bits per heavy atom. The molecule has 1 heterocycles. The standard InChI is InChI=1S/C17H22Cl2N2O3/c1-2-3-17(23)21-8-6-13(7-9-21)20-16(22)11-24-15-5-4-12(18)10-14(15)19/h4-5,10,13H,2-3,6-9,11H2,1H3,(H,20,22). The molecule has 0 unspecified atom stereocenters. The third-order valence-electron chi connectivity index (χ3n) is 3.93. The number of halogens is 2. The smallest absolute Gasteiger partial charge is 0.258 e. The van der Waals surface area contributed by atoms with Crippen molar-refractivity contribution >= 4 is 35.0 Å². The number of nitrogens with one attached hydrogen (secondary N) is 1. The lowest BCUT2D eigenvalue weighted by Crippen LogP contribution is -2.47. The van der Waals surface area contributed by atoms with E-state index in [0.29, 0.717) is 35.3 Å². The fourth-order valence-electron chi connectivity index (χ4n) is 2.65. The van der Waals surface area contributed by atoms with Crippen molar-refractivity contribution in [1.82, 2.24) is 10.2 Å². The third kappa shape index (κ3) is 5.56. The molecule has 5 nitrogen and oxygen atoms in total. The molecule has 0 aliphatic carbocycles. The van der Waals surface area contributed by atoms with E-state index in [0.717, 1.165) is 19.3 Å². The van der Waals surface area contributed by atoms with Crippen LogP contribution in [0.2, 0.25) is 10.0 Å². The average Bonchev–Trinajstić information content (AvgIpc) is 2.55. The molecule has 1 aliphatic heterocycles. The van der Waals surface area contributed by atoms with Gasteiger partial charge >= 0.3 is 0 Å². The number of benzene rings is 1. The molecule has 2 amide bonds. The Bertz CT molecular complexity index is 587. The van der Waals surface area contributed by atoms with Gasteiger partial charge in [0.05, 0.1) is 5.02 Å². The van der Waals surface area contributed by atoms with Crippen LogP contribution in [0, 0.1) is 0 Å². The van der Waals surface area contributed by atoms with Crippen LogP contribution in [0.25, 0.3) is 0 Å². The molecule has 1 saturated heterocycles. The Kier molecular flexibility index (Phi) is 7.18. The Balaban J connectivity index is 1.73. The van der Waals surface area contributed by atoms with E-state index < -0.39 is 0 Å². The highest BCUT2D eigenvalue weighted by atomic mass is 35.5. The first-order valence-corrected chi connectivity index (χ1v) is 8.90. The molecule has 1 aliphatic rings. The predicted molar refractivity (Wildman–Crippen MR) is 94.6 cm³/mol. The van der Waals surface area contributed by atoms with Gasteiger partial charge in [-0.05, 0) is 37.5 Å². The molecule has 0 spiro atoms. The molecule has 1 fully saturated rings. The average molecular weight is 373 g/mol. The van der Waals surface area contributed by atoms with Crippen molar-refractivity contribution < 1.29 is 14.3 Å². The normalized spacial score (nSPS) is 15.2. The lowest BCUT2D eigenvalue weighted by Gasteiger charge is -2.32. The van der Waals surface area contributed by atoms with Gasteiger partial charge in [-0.3, -0.25) is 9.59 Å². The number of hydrogen-bond acceptors (Lipinski definition) is 3. The van der Waals surface area contributed by atoms with E-state index in [1.165, 1.54) is 0 Å². The minimum Gasteiger partial charge on any atom is -0.482 e. The molecule has 1 aromatic rings. The molecule has 0 atom stereocenters. The van der Waals surface area contributed by atoms with Crippen LogP contribution in [0.5, 0.6) is 5.75 Å². The van der Waals surface area contributed by atoms with Crippen molar-refractivity contribution in [2.24, 2.45) is 0 Å². The van der Waals surface area contributed by atoms with E-state index in [1.54, 1.807) is 18.2 Å². The summed E-state index contributed by atoms with van der Waals surface area (Å²) < 4.78 is 5.42. The van der Waals surface area contributed by atoms with Gasteiger partial charge in [-0.1, -0.05) is 30.1 Å². The molecular weight excluding hydrogens is 351 g/mol. The molecule has 0 aromatic heterocycles. The lowest BCUT2D eigenvalue weighted by atomic mass is 10.0. The highest BCUT2D eigenvalue weighted by Gasteiger charge is 2.23. The summed E-state index contributed by atoms with van der Waals surface area (Å²) in [4.78, 5) is 25.7. The quantitative estimate of drug-likeness (QED) is 0.833. The van der Waals surface area contributed by atoms with Crippen LogP contribution >= 0.6 is 23.2 Å². The molecule has 1 aromatic carbocycles. The number of likely N-dealkylation sites (tertiary alicyclic amines) is 1. The van der Waals surface area contributed by atoms with Gasteiger partial charge in [0.25, 0.3) is 5.91 Å². The van der Waals surface area contributed by atoms with Crippen LogP contribution < -0.4 is 10.1 Å². The molecule has 0 bridgehead atoms. The van der Waals surface area contributed by atoms with Crippen molar-refractivity contribution in [1.29, 1.82) is 0 Å². The zero-order valence-electron chi connectivity index (χ0n) is 13.7. The van der Waals surface area contributed by atoms with Gasteiger partial charge < -0.3 is 15.0 Å². The van der Waals surface area contributed by atoms with Crippen molar-refractivity contribution in [2.75, 3.05) is 19.7 Å². The second kappa shape index (κ2) is 9.14. The summed E-state index contributed by atoms with van der Waals surface area (Å²) in [6.07, 6.45) is 2.98. The second-order valence-corrected chi connectivity index (χ2v) is 6.68. The number of nitrogens with zero attached hydrogens (tertiary/aromatic N) is 1. The van der Waals surface area contributed by atoms with Crippen molar-refractivity contribution in [3.05, 3.63) is 28.2 Å². The Labute approximate surface area is 152 Å². The van der Waals surface area contributed by atoms with E-state index in [9.17, 15) is 9.59 Å². The molecule has 2 rings (SSSR count). The van der Waals surface area contributed by atoms with Crippen molar-refractivity contribution in [3.8, 4) is 5.75 Å². The molecule has 0 saturated carbocycles. The van der Waals surface area contributed by atoms with E-state index >= 15 is 0 Å². The molecule has 7 heteroatoms. The van der Waals surface area contributed by atoms with Gasteiger partial charge in [-0.25, -0.2) is 0 Å². The van der Waals surface area contributed by atoms with Crippen LogP contribution in [-0.2, 0) is 9.59 Å². The Morgan fingerprint density at radius 3 is 2.62 bits per heavy atom. The van der Waals surface area contributed by atoms with Crippen LogP contribution in [-0.4, -0.2) is 42.5 Å². The van der Waals surface area contributed by atoms with Gasteiger partial charge in [0, 0.05) is 30.6 Å². The number of ether oxygens (including phenoxy) is 1. The van der Waals surface area contributed by atoms with Gasteiger partial charge in [0.2, 0.25) is 5.91 Å². The van der Waals surface area contributed by atoms with Crippen LogP contribution in [0.15, 0.2) is 18.2 Å². The van der Waals surface area contributed by atoms with Crippen molar-refractivity contribution in [3.63, 3.8) is 0 Å². The van der Waals surface area contributed by atoms with Gasteiger partial charge in [-0.15, -0.1) is 0 Å². The molecule has 24 heavy (non-hydrogen) atoms. The number of carbonyl (C=O) groups is 2. The zero-order valence-corrected chi connectivity index (χ0v) is 15.2. The molecular formula is C17H22Cl2N2O3. The maximum atomic E-state index is 12.0. The van der Waals surface area contributed by atoms with Crippen LogP contribution in [0.4, 0.5) is 0 Å². The van der Waals surface area contributed by atoms with Crippen molar-refractivity contribution in [2.45, 2.75) is 38.6 Å². The summed E-state index contributed by atoms with van der Waals surface area (Å²) >= 11 is 11.8. The summed E-state index contributed by atoms with van der Waals surface area (Å²) in [6.45, 7) is 3.27. The van der Waals surface area contributed by atoms with E-state index in [4.69, 9.17) is 27.9 Å². The number of rotatable bonds is 6. The highest BCUT2D eigenvalue weighted by Crippen LogP contribution is 2.27. The number of piperidine rings is 1. The van der Waals surface area contributed by atoms with Crippen LogP contribution in [0.1, 0.15) is 32.6 Å². The topological polar surface area (TPSA) is 58.6 Å². The fourth-order valence-corrected chi connectivity index (χ4v) is 3.11. The zero-order chi connectivity index (χ0) is 17.5. The summed E-state index contributed by atoms with van der Waals surface area (Å²) in [5, 5.41) is 3.83. The maximum absolute atomic E-state index is 12.0. The summed E-state index contributed by atoms with van der Waals surface area (Å²) in [7, 11) is 0. The van der Waals surface area contributed by atoms with E-state index in [1.807, 2.05) is 11.8 Å². The first kappa shape index (κ1) is 18.9. The van der Waals surface area contributed by atoms with Gasteiger partial charge in [0.15, 0.2) is 6.61 Å². The summed E-state index contributed by atoms with van der Waals surface area (Å²) in [5.74, 6) is 0.429. The molecule has 132 valence electrons. The van der Waals surface area contributed by atoms with Gasteiger partial charge in [-0.2, -0.15) is 0 Å². The maximum Gasteiger partial charge on any atom is 0.258 e. The third-order valence-corrected chi connectivity index (χ3v) is 4.46. The highest BCUT2D eigenvalue weighted by molar-refractivity contribution is 6.35. The number of carbonyl (C=O) groups excluding carboxylic acids is 2. The minimum atomic E-state index is -0.195. The first-order chi connectivity index (χ1) is 11.5. The monoisotopic (exact) mass is 372 g/mol. The van der Waals surface area contributed by atoms with E-state index in [2.05, 4.69) is 5.32 Å². The largest absolute Gasteiger partial charge is 0.482 e. The minimum absolute atomic E-state index is 0.0764. The first-order valence-electron chi connectivity index (χ1n) is 8.14. The van der Waals surface area contributed by atoms with Crippen LogP contribution in [0.3, 0.4) is 0 Å². The predicted octanol–water partition coefficient (Wildman–Crippen LogP) is 3.28. The Morgan fingerprint density at radius 1 is 1.29 bits per heavy atom. The number of amides is 2. The second-order valence-electron chi connectivity index (χ2n) is 5.84. The summed E-state index contributed by atoms with van der Waals surface area (Å²) in [6, 6.07) is 4.94. The van der Waals surface area contributed by atoms with Gasteiger partial charge in [0.1, 0.15) is 5.75 Å². The van der Waals surface area contributed by atoms with E-state index in [-0.39, 0.29) is 24.5 Å². The lowest BCUT2D eigenvalue weighted by molar-refractivity contribution is -0.132. The SMILES string of the molecule is CCCC(=O)N1CCC(NC(=O)COc2ccc(Cl)cc2Cl)CC1. The summed E-state index contributed by atoms with van der Waals surface area (Å²) in [5.41, 5.74) is 0.